The molecule has 0 amide bonds. The van der Waals surface area contributed by atoms with Crippen LogP contribution in [0.3, 0.4) is 0 Å². The average molecular weight is 1690 g/mol. The van der Waals surface area contributed by atoms with Crippen molar-refractivity contribution in [2.75, 3.05) is 0 Å². The van der Waals surface area contributed by atoms with Crippen LogP contribution in [0.5, 0.6) is 0 Å². The summed E-state index contributed by atoms with van der Waals surface area (Å²) in [7, 11) is 0. The molecule has 7 nitrogen and oxygen atoms in total. The Balaban J connectivity index is 0.000000106. The molecule has 0 saturated carbocycles. The lowest BCUT2D eigenvalue weighted by Crippen LogP contribution is -2.14. The molecule has 0 N–H and O–H groups in total. The molecule has 0 fully saturated rings. The smallest absolute Gasteiger partial charge is 0.164 e. The molecule has 0 radical (unpaired) electrons. The first kappa shape index (κ1) is 76.6. The minimum Gasteiger partial charge on any atom is -0.455 e. The summed E-state index contributed by atoms with van der Waals surface area (Å²) in [5.41, 5.74) is 21.6. The van der Waals surface area contributed by atoms with Crippen LogP contribution in [0.1, 0.15) is 25.0 Å². The third-order valence-electron chi connectivity index (χ3n) is 26.6. The standard InChI is InChI=1S/C43H30N2.C40H24N2O.C40H24N2S/c1-43(2)38-22-21-29(42-44-40(27-13-5-3-6-14-27)26-41(45-42)28-15-7-4-8-16-28)23-36(38)37-24-34-32-19-11-9-17-30(32)31-18-10-12-20-33(31)35(34)25-39(37)43;1-3-12-25(13-4-1)35-24-36(26-14-5-2-6-15-26)42-40(41-35)34-21-11-20-32-33-23-22-31-29-18-8-7-16-27(29)28-17-9-10-19-30(28)37(31)39(33)43-38(32)34;1-3-12-25(13-4-1)36-24-37(26-14-5-2-6-15-26)42-40(41-36)32-21-11-20-31-35-22-33-29-18-9-7-16-27(29)28-17-8-10-19-30(28)34(33)23-38(35)43-39(31)32/h3-26H,1-2H3;2*1-24H. The van der Waals surface area contributed by atoms with Crippen LogP contribution in [0.25, 0.3) is 252 Å². The number of benzene rings is 21. The van der Waals surface area contributed by atoms with Gasteiger partial charge in [0.25, 0.3) is 0 Å². The van der Waals surface area contributed by atoms with Gasteiger partial charge in [-0.2, -0.15) is 0 Å². The monoisotopic (exact) mass is 1690 g/mol. The van der Waals surface area contributed by atoms with Gasteiger partial charge in [0.05, 0.1) is 39.7 Å². The number of nitrogens with zero attached hydrogens (tertiary/aromatic N) is 6. The van der Waals surface area contributed by atoms with Crippen LogP contribution in [0.15, 0.2) is 441 Å². The van der Waals surface area contributed by atoms with Crippen LogP contribution in [0.4, 0.5) is 0 Å². The largest absolute Gasteiger partial charge is 0.455 e. The van der Waals surface area contributed by atoms with Gasteiger partial charge in [-0.1, -0.05) is 384 Å². The number of rotatable bonds is 9. The summed E-state index contributed by atoms with van der Waals surface area (Å²) in [6.07, 6.45) is 0. The summed E-state index contributed by atoms with van der Waals surface area (Å²) in [6, 6.07) is 155. The van der Waals surface area contributed by atoms with Crippen LogP contribution in [0.2, 0.25) is 0 Å². The highest BCUT2D eigenvalue weighted by Gasteiger charge is 2.37. The fourth-order valence-corrected chi connectivity index (χ4v) is 21.6. The third kappa shape index (κ3) is 13.1. The Morgan fingerprint density at radius 2 is 0.496 bits per heavy atom. The van der Waals surface area contributed by atoms with Gasteiger partial charge in [-0.15, -0.1) is 11.3 Å². The van der Waals surface area contributed by atoms with Crippen LogP contribution < -0.4 is 0 Å². The third-order valence-corrected chi connectivity index (χ3v) is 27.8. The molecule has 131 heavy (non-hydrogen) atoms. The quantitative estimate of drug-likeness (QED) is 0.133. The summed E-state index contributed by atoms with van der Waals surface area (Å²) in [5.74, 6) is 2.13. The first-order valence-corrected chi connectivity index (χ1v) is 45.4. The lowest BCUT2D eigenvalue weighted by molar-refractivity contribution is 0.661. The molecule has 1 aliphatic rings. The molecular weight excluding hydrogens is 1610 g/mol. The second kappa shape index (κ2) is 31.4. The second-order valence-corrected chi connectivity index (χ2v) is 35.6. The average Bonchev–Trinajstić information content (AvgIpc) is 1.61. The zero-order chi connectivity index (χ0) is 86.8. The zero-order valence-corrected chi connectivity index (χ0v) is 72.4. The molecule has 0 saturated heterocycles. The summed E-state index contributed by atoms with van der Waals surface area (Å²) < 4.78 is 9.41. The molecule has 5 aromatic heterocycles. The zero-order valence-electron chi connectivity index (χ0n) is 71.6. The van der Waals surface area contributed by atoms with E-state index in [0.717, 1.165) is 123 Å². The van der Waals surface area contributed by atoms with Crippen molar-refractivity contribution >= 4 is 150 Å². The lowest BCUT2D eigenvalue weighted by atomic mass is 9.81. The normalized spacial score (nSPS) is 12.3. The van der Waals surface area contributed by atoms with E-state index in [1.54, 1.807) is 0 Å². The van der Waals surface area contributed by atoms with Gasteiger partial charge in [0.15, 0.2) is 17.5 Å². The Hall–Kier alpha value is -16.8. The van der Waals surface area contributed by atoms with E-state index in [1.807, 2.05) is 72.0 Å². The van der Waals surface area contributed by atoms with Gasteiger partial charge in [-0.05, 0) is 181 Å². The van der Waals surface area contributed by atoms with Crippen molar-refractivity contribution < 1.29 is 4.42 Å². The number of fused-ring (bicyclic) bond motifs is 28. The maximum atomic E-state index is 6.92. The summed E-state index contributed by atoms with van der Waals surface area (Å²) >= 11 is 1.84. The van der Waals surface area contributed by atoms with Gasteiger partial charge in [0.2, 0.25) is 0 Å². The molecule has 0 spiro atoms. The van der Waals surface area contributed by atoms with Crippen molar-refractivity contribution in [3.05, 3.63) is 448 Å². The van der Waals surface area contributed by atoms with Gasteiger partial charge < -0.3 is 4.42 Å². The molecule has 0 atom stereocenters. The topological polar surface area (TPSA) is 90.5 Å². The Morgan fingerprint density at radius 1 is 0.191 bits per heavy atom. The molecule has 26 aromatic rings. The number of thiophene rings is 1. The van der Waals surface area contributed by atoms with E-state index >= 15 is 0 Å². The van der Waals surface area contributed by atoms with Crippen LogP contribution in [0, 0.1) is 0 Å². The first-order chi connectivity index (χ1) is 64.7. The number of para-hydroxylation sites is 1. The molecule has 612 valence electrons. The maximum absolute atomic E-state index is 6.92. The molecule has 1 aliphatic carbocycles. The van der Waals surface area contributed by atoms with E-state index in [9.17, 15) is 0 Å². The van der Waals surface area contributed by atoms with E-state index in [4.69, 9.17) is 34.3 Å². The molecule has 5 heterocycles. The number of aromatic nitrogens is 6. The van der Waals surface area contributed by atoms with E-state index in [0.29, 0.717) is 5.82 Å². The Morgan fingerprint density at radius 3 is 0.924 bits per heavy atom. The molecule has 0 aliphatic heterocycles. The van der Waals surface area contributed by atoms with Crippen molar-refractivity contribution in [3.8, 4) is 113 Å². The Labute approximate surface area is 759 Å². The molecular formula is C123H78N6OS. The molecule has 0 unspecified atom stereocenters. The minimum atomic E-state index is -0.133. The van der Waals surface area contributed by atoms with Crippen LogP contribution >= 0.6 is 11.3 Å². The minimum absolute atomic E-state index is 0.133. The summed E-state index contributed by atoms with van der Waals surface area (Å²) in [5, 5.41) is 27.5. The lowest BCUT2D eigenvalue weighted by Gasteiger charge is -2.22. The van der Waals surface area contributed by atoms with E-state index in [1.165, 1.54) is 134 Å². The fraction of sp³-hybridized carbons (Fsp3) is 0.0244. The highest BCUT2D eigenvalue weighted by Crippen LogP contribution is 2.54. The first-order valence-electron chi connectivity index (χ1n) is 44.6. The van der Waals surface area contributed by atoms with Gasteiger partial charge in [-0.3, -0.25) is 0 Å². The molecule has 21 aromatic carbocycles. The fourth-order valence-electron chi connectivity index (χ4n) is 20.3. The molecule has 27 rings (SSSR count). The summed E-state index contributed by atoms with van der Waals surface area (Å²) in [6.45, 7) is 4.71. The Bertz CT molecular complexity index is 8840. The SMILES string of the molecule is CC1(C)c2ccc(-c3nc(-c4ccccc4)cc(-c4ccccc4)n3)cc2-c2cc3c4ccccc4c4ccccc4c3cc21.c1ccc(-c2cc(-c3ccccc3)nc(-c3cccc4c3oc3c4ccc4c5ccccc5c5ccccc5c43)n2)cc1.c1ccc(-c2cc(-c3ccccc3)nc(-c3cccc4c3sc3cc5c6ccccc6c6ccccc6c5cc34)n2)cc1. The predicted octanol–water partition coefficient (Wildman–Crippen LogP) is 33.4. The molecule has 8 heteroatoms. The summed E-state index contributed by atoms with van der Waals surface area (Å²) in [4.78, 5) is 30.8. The van der Waals surface area contributed by atoms with E-state index < -0.39 is 0 Å². The van der Waals surface area contributed by atoms with Crippen molar-refractivity contribution in [1.29, 1.82) is 0 Å². The van der Waals surface area contributed by atoms with Crippen LogP contribution in [-0.2, 0) is 5.41 Å². The van der Waals surface area contributed by atoms with Crippen molar-refractivity contribution in [2.24, 2.45) is 0 Å². The Kier molecular flexibility index (Phi) is 18.3. The van der Waals surface area contributed by atoms with Gasteiger partial charge >= 0.3 is 0 Å². The van der Waals surface area contributed by atoms with Crippen LogP contribution in [-0.4, -0.2) is 29.9 Å². The van der Waals surface area contributed by atoms with Gasteiger partial charge in [-0.25, -0.2) is 29.9 Å². The highest BCUT2D eigenvalue weighted by molar-refractivity contribution is 7.26. The van der Waals surface area contributed by atoms with Crippen molar-refractivity contribution in [3.63, 3.8) is 0 Å². The number of furan rings is 1. The van der Waals surface area contributed by atoms with E-state index in [2.05, 4.69) is 390 Å². The second-order valence-electron chi connectivity index (χ2n) is 34.5. The maximum Gasteiger partial charge on any atom is 0.164 e. The van der Waals surface area contributed by atoms with Gasteiger partial charge in [0, 0.05) is 86.3 Å². The highest BCUT2D eigenvalue weighted by atomic mass is 32.1. The van der Waals surface area contributed by atoms with Gasteiger partial charge in [0.1, 0.15) is 11.2 Å². The molecule has 0 bridgehead atoms. The van der Waals surface area contributed by atoms with Crippen molar-refractivity contribution in [2.45, 2.75) is 19.3 Å². The van der Waals surface area contributed by atoms with Crippen molar-refractivity contribution in [1.82, 2.24) is 29.9 Å². The van der Waals surface area contributed by atoms with E-state index in [-0.39, 0.29) is 5.41 Å². The predicted molar refractivity (Wildman–Crippen MR) is 550 cm³/mol. The number of hydrogen-bond donors (Lipinski definition) is 0. The number of hydrogen-bond acceptors (Lipinski definition) is 8.